The smallest absolute Gasteiger partial charge is 0.305 e. The van der Waals surface area contributed by atoms with Gasteiger partial charge in [0.1, 0.15) is 0 Å². The van der Waals surface area contributed by atoms with E-state index >= 15 is 0 Å². The fourth-order valence-electron chi connectivity index (χ4n) is 2.91. The number of carboxylic acid groups (broad SMARTS) is 1. The van der Waals surface area contributed by atoms with Crippen molar-refractivity contribution in [3.63, 3.8) is 0 Å². The third-order valence-corrected chi connectivity index (χ3v) is 4.36. The molecular formula is C21H34O3. The minimum Gasteiger partial charge on any atom is -0.481 e. The third kappa shape index (κ3) is 11.2. The zero-order chi connectivity index (χ0) is 17.5. The molecule has 0 spiro atoms. The van der Waals surface area contributed by atoms with E-state index in [2.05, 4.69) is 6.92 Å². The lowest BCUT2D eigenvalue weighted by atomic mass is 10.0. The maximum absolute atomic E-state index is 11.0. The molecule has 0 unspecified atom stereocenters. The van der Waals surface area contributed by atoms with Crippen LogP contribution in [0.4, 0.5) is 0 Å². The van der Waals surface area contributed by atoms with Gasteiger partial charge in [-0.1, -0.05) is 95.0 Å². The molecule has 1 N–H and O–H groups in total. The van der Waals surface area contributed by atoms with E-state index in [1.807, 2.05) is 30.3 Å². The molecule has 0 saturated carbocycles. The number of unbranched alkanes of at least 4 members (excludes halogenated alkanes) is 8. The van der Waals surface area contributed by atoms with Crippen LogP contribution in [-0.4, -0.2) is 17.2 Å². The first-order valence-corrected chi connectivity index (χ1v) is 9.59. The molecule has 136 valence electrons. The van der Waals surface area contributed by atoms with E-state index in [0.29, 0.717) is 6.61 Å². The monoisotopic (exact) mass is 334 g/mol. The molecule has 0 fully saturated rings. The lowest BCUT2D eigenvalue weighted by Gasteiger charge is -2.16. The van der Waals surface area contributed by atoms with Crippen molar-refractivity contribution in [1.29, 1.82) is 0 Å². The minimum absolute atomic E-state index is 0.101. The molecule has 0 aromatic heterocycles. The quantitative estimate of drug-likeness (QED) is 0.402. The van der Waals surface area contributed by atoms with Gasteiger partial charge in [-0.3, -0.25) is 4.79 Å². The summed E-state index contributed by atoms with van der Waals surface area (Å²) >= 11 is 0. The van der Waals surface area contributed by atoms with Crippen LogP contribution in [0, 0.1) is 0 Å². The van der Waals surface area contributed by atoms with Crippen LogP contribution >= 0.6 is 0 Å². The molecule has 1 aromatic rings. The molecule has 1 atom stereocenters. The van der Waals surface area contributed by atoms with Crippen LogP contribution < -0.4 is 0 Å². The van der Waals surface area contributed by atoms with Crippen molar-refractivity contribution < 1.29 is 14.6 Å². The van der Waals surface area contributed by atoms with Crippen molar-refractivity contribution in [2.45, 2.75) is 90.3 Å². The average molecular weight is 334 g/mol. The van der Waals surface area contributed by atoms with Gasteiger partial charge in [0.2, 0.25) is 0 Å². The van der Waals surface area contributed by atoms with Crippen molar-refractivity contribution in [3.8, 4) is 0 Å². The van der Waals surface area contributed by atoms with Crippen LogP contribution in [0.5, 0.6) is 0 Å². The summed E-state index contributed by atoms with van der Waals surface area (Å²) < 4.78 is 5.83. The zero-order valence-corrected chi connectivity index (χ0v) is 15.2. The van der Waals surface area contributed by atoms with E-state index in [9.17, 15) is 4.79 Å². The summed E-state index contributed by atoms with van der Waals surface area (Å²) in [5.41, 5.74) is 1.10. The zero-order valence-electron chi connectivity index (χ0n) is 15.2. The standard InChI is InChI=1S/C21H34O3/c1-2-3-4-5-6-7-8-9-13-16-20(17-21(22)23)24-18-19-14-11-10-12-15-19/h10-12,14-15,20H,2-9,13,16-18H2,1H3,(H,22,23)/t20-/m0/s1. The lowest BCUT2D eigenvalue weighted by molar-refractivity contribution is -0.140. The number of hydrogen-bond donors (Lipinski definition) is 1. The number of carbonyl (C=O) groups is 1. The number of hydrogen-bond acceptors (Lipinski definition) is 2. The molecule has 1 aromatic carbocycles. The first-order valence-electron chi connectivity index (χ1n) is 9.59. The van der Waals surface area contributed by atoms with Crippen LogP contribution in [0.3, 0.4) is 0 Å². The molecule has 0 bridgehead atoms. The molecule has 0 aliphatic carbocycles. The van der Waals surface area contributed by atoms with Crippen LogP contribution in [0.2, 0.25) is 0 Å². The predicted octanol–water partition coefficient (Wildman–Crippen LogP) is 5.97. The van der Waals surface area contributed by atoms with Gasteiger partial charge in [0, 0.05) is 0 Å². The van der Waals surface area contributed by atoms with Crippen molar-refractivity contribution in [2.75, 3.05) is 0 Å². The molecule has 0 aliphatic rings. The van der Waals surface area contributed by atoms with E-state index in [1.54, 1.807) is 0 Å². The Hall–Kier alpha value is -1.35. The Bertz CT molecular complexity index is 416. The van der Waals surface area contributed by atoms with E-state index in [-0.39, 0.29) is 12.5 Å². The molecule has 1 rings (SSSR count). The highest BCUT2D eigenvalue weighted by Crippen LogP contribution is 2.15. The minimum atomic E-state index is -0.774. The lowest BCUT2D eigenvalue weighted by Crippen LogP contribution is -2.17. The second-order valence-electron chi connectivity index (χ2n) is 6.63. The van der Waals surface area contributed by atoms with Crippen molar-refractivity contribution >= 4 is 5.97 Å². The molecular weight excluding hydrogens is 300 g/mol. The predicted molar refractivity (Wildman–Crippen MR) is 99.1 cm³/mol. The molecule has 0 amide bonds. The van der Waals surface area contributed by atoms with Crippen molar-refractivity contribution in [3.05, 3.63) is 35.9 Å². The molecule has 0 aliphatic heterocycles. The van der Waals surface area contributed by atoms with Gasteiger partial charge in [0.05, 0.1) is 19.1 Å². The summed E-state index contributed by atoms with van der Waals surface area (Å²) in [6.07, 6.45) is 12.3. The average Bonchev–Trinajstić information content (AvgIpc) is 2.58. The van der Waals surface area contributed by atoms with Crippen LogP contribution in [-0.2, 0) is 16.1 Å². The number of ether oxygens (including phenoxy) is 1. The Balaban J connectivity index is 2.13. The van der Waals surface area contributed by atoms with Crippen LogP contribution in [0.15, 0.2) is 30.3 Å². The van der Waals surface area contributed by atoms with Gasteiger partial charge in [-0.25, -0.2) is 0 Å². The Morgan fingerprint density at radius 3 is 2.12 bits per heavy atom. The van der Waals surface area contributed by atoms with Crippen molar-refractivity contribution in [2.24, 2.45) is 0 Å². The van der Waals surface area contributed by atoms with E-state index in [1.165, 1.54) is 51.4 Å². The number of rotatable bonds is 15. The number of benzene rings is 1. The molecule has 3 heteroatoms. The first-order chi connectivity index (χ1) is 11.7. The van der Waals surface area contributed by atoms with Crippen LogP contribution in [0.1, 0.15) is 83.1 Å². The Kier molecular flexibility index (Phi) is 12.1. The van der Waals surface area contributed by atoms with Gasteiger partial charge in [-0.05, 0) is 12.0 Å². The largest absolute Gasteiger partial charge is 0.481 e. The highest BCUT2D eigenvalue weighted by atomic mass is 16.5. The molecule has 0 saturated heterocycles. The fraction of sp³-hybridized carbons (Fsp3) is 0.667. The second-order valence-corrected chi connectivity index (χ2v) is 6.63. The molecule has 24 heavy (non-hydrogen) atoms. The fourth-order valence-corrected chi connectivity index (χ4v) is 2.91. The summed E-state index contributed by atoms with van der Waals surface area (Å²) in [7, 11) is 0. The third-order valence-electron chi connectivity index (χ3n) is 4.36. The molecule has 0 radical (unpaired) electrons. The van der Waals surface area contributed by atoms with Gasteiger partial charge in [0.25, 0.3) is 0 Å². The van der Waals surface area contributed by atoms with Gasteiger partial charge >= 0.3 is 5.97 Å². The normalized spacial score (nSPS) is 12.2. The second kappa shape index (κ2) is 14.0. The molecule has 3 nitrogen and oxygen atoms in total. The highest BCUT2D eigenvalue weighted by molar-refractivity contribution is 5.67. The van der Waals surface area contributed by atoms with Crippen LogP contribution in [0.25, 0.3) is 0 Å². The summed E-state index contributed by atoms with van der Waals surface area (Å²) in [4.78, 5) is 11.0. The van der Waals surface area contributed by atoms with Gasteiger partial charge in [-0.15, -0.1) is 0 Å². The number of carboxylic acids is 1. The molecule has 0 heterocycles. The maximum atomic E-state index is 11.0. The van der Waals surface area contributed by atoms with E-state index in [0.717, 1.165) is 18.4 Å². The highest BCUT2D eigenvalue weighted by Gasteiger charge is 2.13. The van der Waals surface area contributed by atoms with Crippen molar-refractivity contribution in [1.82, 2.24) is 0 Å². The Morgan fingerprint density at radius 2 is 1.54 bits per heavy atom. The van der Waals surface area contributed by atoms with Gasteiger partial charge < -0.3 is 9.84 Å². The Morgan fingerprint density at radius 1 is 0.958 bits per heavy atom. The van der Waals surface area contributed by atoms with Gasteiger partial charge in [-0.2, -0.15) is 0 Å². The summed E-state index contributed by atoms with van der Waals surface area (Å²) in [5, 5.41) is 9.04. The Labute approximate surface area is 147 Å². The maximum Gasteiger partial charge on any atom is 0.305 e. The van der Waals surface area contributed by atoms with Gasteiger partial charge in [0.15, 0.2) is 0 Å². The summed E-state index contributed by atoms with van der Waals surface area (Å²) in [5.74, 6) is -0.774. The first kappa shape index (κ1) is 20.7. The summed E-state index contributed by atoms with van der Waals surface area (Å²) in [6, 6.07) is 9.95. The SMILES string of the molecule is CCCCCCCCCCC[C@@H](CC(=O)O)OCc1ccccc1. The summed E-state index contributed by atoms with van der Waals surface area (Å²) in [6.45, 7) is 2.74. The van der Waals surface area contributed by atoms with E-state index < -0.39 is 5.97 Å². The topological polar surface area (TPSA) is 46.5 Å². The number of aliphatic carboxylic acids is 1. The van der Waals surface area contributed by atoms with E-state index in [4.69, 9.17) is 9.84 Å².